The topological polar surface area (TPSA) is 104 Å². The van der Waals surface area contributed by atoms with Gasteiger partial charge in [0.05, 0.1) is 57.2 Å². The van der Waals surface area contributed by atoms with Crippen LogP contribution in [-0.2, 0) is 27.4 Å². The lowest BCUT2D eigenvalue weighted by molar-refractivity contribution is -0.258. The minimum Gasteiger partial charge on any atom is -0.465 e. The summed E-state index contributed by atoms with van der Waals surface area (Å²) in [4.78, 5) is 31.7. The van der Waals surface area contributed by atoms with E-state index in [1.165, 1.54) is 17.3 Å². The van der Waals surface area contributed by atoms with Crippen LogP contribution in [0.4, 0.5) is 5.69 Å². The molecule has 4 rings (SSSR count). The molecule has 3 aromatic carbocycles. The third-order valence-corrected chi connectivity index (χ3v) is 6.16. The fourth-order valence-corrected chi connectivity index (χ4v) is 4.00. The number of nitriles is 1. The van der Waals surface area contributed by atoms with E-state index in [9.17, 15) is 9.59 Å². The van der Waals surface area contributed by atoms with E-state index in [1.807, 2.05) is 12.1 Å². The molecule has 0 saturated carbocycles. The van der Waals surface area contributed by atoms with E-state index < -0.39 is 5.97 Å². The number of hydrogen-bond donors (Lipinski definition) is 1. The molecule has 0 unspecified atom stereocenters. The highest BCUT2D eigenvalue weighted by Crippen LogP contribution is 2.24. The number of amides is 1. The van der Waals surface area contributed by atoms with Gasteiger partial charge in [-0.2, -0.15) is 5.26 Å². The number of anilines is 1. The van der Waals surface area contributed by atoms with Crippen LogP contribution in [0.25, 0.3) is 0 Å². The summed E-state index contributed by atoms with van der Waals surface area (Å²) in [6.07, 6.45) is 0. The Balaban J connectivity index is 1.65. The number of hydroxylamine groups is 1. The molecule has 1 aliphatic heterocycles. The van der Waals surface area contributed by atoms with E-state index in [0.29, 0.717) is 60.3 Å². The molecule has 0 radical (unpaired) electrons. The second-order valence-corrected chi connectivity index (χ2v) is 8.85. The van der Waals surface area contributed by atoms with Gasteiger partial charge in [0, 0.05) is 22.8 Å². The maximum atomic E-state index is 13.6. The van der Waals surface area contributed by atoms with Crippen molar-refractivity contribution in [1.82, 2.24) is 10.2 Å². The number of halogens is 1. The summed E-state index contributed by atoms with van der Waals surface area (Å²) in [7, 11) is 1.32. The lowest BCUT2D eigenvalue weighted by atomic mass is 10.1. The number of hydrazine groups is 1. The van der Waals surface area contributed by atoms with Gasteiger partial charge in [0.15, 0.2) is 0 Å². The second kappa shape index (κ2) is 13.0. The average molecular weight is 535 g/mol. The van der Waals surface area contributed by atoms with Crippen molar-refractivity contribution in [3.63, 3.8) is 0 Å². The molecule has 0 aliphatic carbocycles. The van der Waals surface area contributed by atoms with Crippen LogP contribution in [0, 0.1) is 11.3 Å². The number of rotatable bonds is 8. The maximum Gasteiger partial charge on any atom is 0.337 e. The molecule has 9 nitrogen and oxygen atoms in total. The fraction of sp³-hybridized carbons (Fsp3) is 0.250. The van der Waals surface area contributed by atoms with Crippen LogP contribution >= 0.6 is 11.6 Å². The Morgan fingerprint density at radius 2 is 1.79 bits per heavy atom. The monoisotopic (exact) mass is 534 g/mol. The first kappa shape index (κ1) is 27.1. The van der Waals surface area contributed by atoms with Gasteiger partial charge in [0.25, 0.3) is 5.91 Å². The summed E-state index contributed by atoms with van der Waals surface area (Å²) >= 11 is 6.03. The standard InChI is InChI=1S/C28H27ClN4O5/c1-36-28(35)23-6-7-24(26(16-23)31-18-21-4-2-20(17-30)3-5-21)19-32(33-12-13-37-14-15-38-33)27(34)22-8-10-25(29)11-9-22/h2-11,16,31H,12-15,18-19H2,1H3. The van der Waals surface area contributed by atoms with E-state index in [1.54, 1.807) is 54.6 Å². The van der Waals surface area contributed by atoms with Gasteiger partial charge in [-0.3, -0.25) is 9.63 Å². The summed E-state index contributed by atoms with van der Waals surface area (Å²) in [5, 5.41) is 16.0. The third-order valence-electron chi connectivity index (χ3n) is 5.91. The molecular weight excluding hydrogens is 508 g/mol. The first-order chi connectivity index (χ1) is 18.5. The molecule has 1 amide bonds. The van der Waals surface area contributed by atoms with Crippen LogP contribution in [0.3, 0.4) is 0 Å². The molecule has 1 N–H and O–H groups in total. The molecule has 0 spiro atoms. The molecule has 10 heteroatoms. The predicted octanol–water partition coefficient (Wildman–Crippen LogP) is 4.43. The van der Waals surface area contributed by atoms with Crippen molar-refractivity contribution in [2.75, 3.05) is 38.8 Å². The summed E-state index contributed by atoms with van der Waals surface area (Å²) < 4.78 is 10.4. The highest BCUT2D eigenvalue weighted by Gasteiger charge is 2.26. The average Bonchev–Trinajstić information content (AvgIpc) is 3.24. The van der Waals surface area contributed by atoms with E-state index in [-0.39, 0.29) is 12.5 Å². The molecule has 0 bridgehead atoms. The lowest BCUT2D eigenvalue weighted by Crippen LogP contribution is -2.46. The van der Waals surface area contributed by atoms with Crippen molar-refractivity contribution < 1.29 is 23.9 Å². The van der Waals surface area contributed by atoms with Gasteiger partial charge < -0.3 is 14.8 Å². The first-order valence-corrected chi connectivity index (χ1v) is 12.4. The molecule has 1 fully saturated rings. The van der Waals surface area contributed by atoms with Crippen molar-refractivity contribution in [1.29, 1.82) is 5.26 Å². The predicted molar refractivity (Wildman–Crippen MR) is 141 cm³/mol. The number of hydrogen-bond acceptors (Lipinski definition) is 8. The largest absolute Gasteiger partial charge is 0.465 e. The number of benzene rings is 3. The quantitative estimate of drug-likeness (QED) is 0.423. The first-order valence-electron chi connectivity index (χ1n) is 12.0. The Labute approximate surface area is 226 Å². The minimum atomic E-state index is -0.472. The molecular formula is C28H27ClN4O5. The van der Waals surface area contributed by atoms with Crippen LogP contribution in [0.1, 0.15) is 37.4 Å². The summed E-state index contributed by atoms with van der Waals surface area (Å²) in [6, 6.07) is 21.1. The van der Waals surface area contributed by atoms with Gasteiger partial charge in [0.1, 0.15) is 0 Å². The van der Waals surface area contributed by atoms with Gasteiger partial charge in [-0.15, -0.1) is 0 Å². The fourth-order valence-electron chi connectivity index (χ4n) is 3.87. The van der Waals surface area contributed by atoms with Crippen LogP contribution in [0.5, 0.6) is 0 Å². The highest BCUT2D eigenvalue weighted by molar-refractivity contribution is 6.30. The molecule has 1 aliphatic rings. The lowest BCUT2D eigenvalue weighted by Gasteiger charge is -2.33. The normalized spacial score (nSPS) is 13.7. The smallest absolute Gasteiger partial charge is 0.337 e. The van der Waals surface area contributed by atoms with Gasteiger partial charge in [-0.05, 0) is 59.7 Å². The Morgan fingerprint density at radius 3 is 2.50 bits per heavy atom. The maximum absolute atomic E-state index is 13.6. The Bertz CT molecular complexity index is 1300. The molecule has 1 saturated heterocycles. The second-order valence-electron chi connectivity index (χ2n) is 8.42. The van der Waals surface area contributed by atoms with E-state index in [0.717, 1.165) is 11.1 Å². The van der Waals surface area contributed by atoms with Crippen molar-refractivity contribution in [3.05, 3.63) is 99.6 Å². The molecule has 38 heavy (non-hydrogen) atoms. The Morgan fingerprint density at radius 1 is 1.05 bits per heavy atom. The van der Waals surface area contributed by atoms with Crippen LogP contribution < -0.4 is 5.32 Å². The SMILES string of the molecule is COC(=O)c1ccc(CN(C(=O)c2ccc(Cl)cc2)N2CCOCCO2)c(NCc2ccc(C#N)cc2)c1. The molecule has 0 atom stereocenters. The van der Waals surface area contributed by atoms with Gasteiger partial charge in [-0.25, -0.2) is 9.80 Å². The van der Waals surface area contributed by atoms with Crippen molar-refractivity contribution in [2.45, 2.75) is 13.1 Å². The zero-order valence-electron chi connectivity index (χ0n) is 20.9. The molecule has 3 aromatic rings. The Kier molecular flexibility index (Phi) is 9.30. The number of ether oxygens (including phenoxy) is 2. The molecule has 196 valence electrons. The zero-order chi connectivity index (χ0) is 26.9. The van der Waals surface area contributed by atoms with Gasteiger partial charge >= 0.3 is 5.97 Å². The number of esters is 1. The number of nitrogens with zero attached hydrogens (tertiary/aromatic N) is 3. The summed E-state index contributed by atoms with van der Waals surface area (Å²) in [5.74, 6) is -0.751. The summed E-state index contributed by atoms with van der Waals surface area (Å²) in [6.45, 7) is 2.06. The molecule has 0 aromatic heterocycles. The van der Waals surface area contributed by atoms with Crippen LogP contribution in [0.15, 0.2) is 66.7 Å². The molecule has 1 heterocycles. The van der Waals surface area contributed by atoms with E-state index in [2.05, 4.69) is 11.4 Å². The minimum absolute atomic E-state index is 0.151. The summed E-state index contributed by atoms with van der Waals surface area (Å²) in [5.41, 5.74) is 3.73. The number of methoxy groups -OCH3 is 1. The van der Waals surface area contributed by atoms with Crippen molar-refractivity contribution in [2.24, 2.45) is 0 Å². The van der Waals surface area contributed by atoms with Gasteiger partial charge in [0.2, 0.25) is 0 Å². The van der Waals surface area contributed by atoms with E-state index in [4.69, 9.17) is 31.2 Å². The number of carbonyl (C=O) groups excluding carboxylic acids is 2. The third kappa shape index (κ3) is 6.88. The van der Waals surface area contributed by atoms with Gasteiger partial charge in [-0.1, -0.05) is 35.0 Å². The van der Waals surface area contributed by atoms with E-state index >= 15 is 0 Å². The number of nitrogens with one attached hydrogen (secondary N) is 1. The Hall–Kier alpha value is -3.94. The van der Waals surface area contributed by atoms with Crippen LogP contribution in [-0.4, -0.2) is 55.5 Å². The van der Waals surface area contributed by atoms with Crippen LogP contribution in [0.2, 0.25) is 5.02 Å². The zero-order valence-corrected chi connectivity index (χ0v) is 21.6. The van der Waals surface area contributed by atoms with Crippen molar-refractivity contribution >= 4 is 29.2 Å². The highest BCUT2D eigenvalue weighted by atomic mass is 35.5. The van der Waals surface area contributed by atoms with Crippen molar-refractivity contribution in [3.8, 4) is 6.07 Å². The number of carbonyl (C=O) groups is 2.